The summed E-state index contributed by atoms with van der Waals surface area (Å²) in [5.41, 5.74) is 0. The summed E-state index contributed by atoms with van der Waals surface area (Å²) in [6, 6.07) is 0. The van der Waals surface area contributed by atoms with E-state index in [2.05, 4.69) is 13.8 Å². The first-order valence-corrected chi connectivity index (χ1v) is 2.41. The molecule has 118 valence electrons. The molecule has 0 heterocycles. The Hall–Kier alpha value is 1.48. The summed E-state index contributed by atoms with van der Waals surface area (Å²) in [6.45, 7) is 8.25. The molecule has 0 rings (SSSR count). The van der Waals surface area contributed by atoms with E-state index in [1.165, 1.54) is 6.42 Å². The van der Waals surface area contributed by atoms with E-state index in [4.69, 9.17) is 0 Å². The van der Waals surface area contributed by atoms with E-state index >= 15 is 0 Å². The van der Waals surface area contributed by atoms with Gasteiger partial charge in [-0.2, -0.15) is 0 Å². The van der Waals surface area contributed by atoms with Gasteiger partial charge in [0.25, 0.3) is 0 Å². The van der Waals surface area contributed by atoms with Crippen LogP contribution in [0.5, 0.6) is 0 Å². The van der Waals surface area contributed by atoms with Crippen LogP contribution in [0.25, 0.3) is 0 Å². The molecule has 0 aromatic heterocycles. The number of rotatable bonds is 0. The van der Waals surface area contributed by atoms with Gasteiger partial charge in [-0.15, -0.1) is 0 Å². The van der Waals surface area contributed by atoms with Crippen LogP contribution in [-0.2, 0) is 49.5 Å². The van der Waals surface area contributed by atoms with Crippen LogP contribution in [0.4, 0.5) is 0 Å². The molecule has 0 radical (unpaired) electrons. The fourth-order valence-corrected chi connectivity index (χ4v) is 0. The van der Waals surface area contributed by atoms with Gasteiger partial charge in [0.15, 0.2) is 0 Å². The van der Waals surface area contributed by atoms with Gasteiger partial charge >= 0.3 is 16.5 Å². The second-order valence-corrected chi connectivity index (χ2v) is 0.707. The molecule has 0 aliphatic carbocycles. The second kappa shape index (κ2) is 528. The molecule has 0 amide bonds. The van der Waals surface area contributed by atoms with Gasteiger partial charge in [-0.3, -0.25) is 0 Å². The van der Waals surface area contributed by atoms with Gasteiger partial charge in [0, 0.05) is 33.0 Å². The van der Waals surface area contributed by atoms with Crippen molar-refractivity contribution in [3.05, 3.63) is 29.7 Å². The Bertz CT molecular complexity index is 10.8. The smallest absolute Gasteiger partial charge is 0.358 e. The monoisotopic (exact) mass is 356 g/mol. The molecule has 0 saturated carbocycles. The standard InChI is InChI=1S/C3H8.C2H6.3CH4.4CH3.3Ni/c1-3-2;1-2;;;;;;;;;;/h3H2,1-2H3;1-2H3;3*1H4;4*1H3;;;/q;;;;;4*-1;;;+2. The zero-order valence-electron chi connectivity index (χ0n) is 9.66. The first-order valence-electron chi connectivity index (χ1n) is 2.41. The van der Waals surface area contributed by atoms with Gasteiger partial charge in [-0.1, -0.05) is 56.4 Å². The molecule has 0 bridgehead atoms. The van der Waals surface area contributed by atoms with Crippen molar-refractivity contribution in [1.29, 1.82) is 0 Å². The van der Waals surface area contributed by atoms with Crippen LogP contribution in [0, 0.1) is 29.7 Å². The maximum absolute atomic E-state index is 2.12. The van der Waals surface area contributed by atoms with Crippen molar-refractivity contribution in [1.82, 2.24) is 0 Å². The van der Waals surface area contributed by atoms with E-state index in [1.807, 2.05) is 13.8 Å². The summed E-state index contributed by atoms with van der Waals surface area (Å²) in [7, 11) is 0. The molecule has 3 heteroatoms. The van der Waals surface area contributed by atoms with Crippen LogP contribution in [-0.4, -0.2) is 0 Å². The largest absolute Gasteiger partial charge is 2.00 e. The van der Waals surface area contributed by atoms with Gasteiger partial charge in [0.2, 0.25) is 0 Å². The summed E-state index contributed by atoms with van der Waals surface area (Å²) in [5, 5.41) is 0. The van der Waals surface area contributed by atoms with Crippen LogP contribution >= 0.6 is 0 Å². The van der Waals surface area contributed by atoms with Crippen molar-refractivity contribution >= 4 is 0 Å². The summed E-state index contributed by atoms with van der Waals surface area (Å²) in [5.74, 6) is 0. The predicted octanol–water partition coefficient (Wildman–Crippen LogP) is 6.14. The summed E-state index contributed by atoms with van der Waals surface area (Å²) in [6.07, 6.45) is 1.25. The Morgan fingerprint density at radius 2 is 0.600 bits per heavy atom. The molecular formula is C12H38Ni3-2. The summed E-state index contributed by atoms with van der Waals surface area (Å²) in [4.78, 5) is 0. The van der Waals surface area contributed by atoms with Crippen molar-refractivity contribution in [2.45, 2.75) is 56.4 Å². The van der Waals surface area contributed by atoms with Crippen LogP contribution in [0.15, 0.2) is 0 Å². The Labute approximate surface area is 135 Å². The van der Waals surface area contributed by atoms with Crippen molar-refractivity contribution in [2.24, 2.45) is 0 Å². The van der Waals surface area contributed by atoms with E-state index in [-0.39, 0.29) is 101 Å². The predicted molar refractivity (Wildman–Crippen MR) is 73.2 cm³/mol. The third-order valence-electron chi connectivity index (χ3n) is 0. The van der Waals surface area contributed by atoms with Gasteiger partial charge in [-0.05, 0) is 0 Å². The Morgan fingerprint density at radius 3 is 0.600 bits per heavy atom. The van der Waals surface area contributed by atoms with E-state index in [0.717, 1.165) is 0 Å². The molecule has 0 spiro atoms. The zero-order valence-corrected chi connectivity index (χ0v) is 12.6. The normalized spacial score (nSPS) is 1.60. The molecule has 0 aliphatic rings. The summed E-state index contributed by atoms with van der Waals surface area (Å²) >= 11 is 0. The summed E-state index contributed by atoms with van der Waals surface area (Å²) < 4.78 is 0. The molecular weight excluding hydrogens is 320 g/mol. The molecule has 0 aromatic carbocycles. The molecule has 0 N–H and O–H groups in total. The van der Waals surface area contributed by atoms with Crippen molar-refractivity contribution in [2.75, 3.05) is 0 Å². The fraction of sp³-hybridized carbons (Fsp3) is 0.667. The van der Waals surface area contributed by atoms with Gasteiger partial charge in [0.1, 0.15) is 0 Å². The van der Waals surface area contributed by atoms with Crippen molar-refractivity contribution in [3.63, 3.8) is 0 Å². The average Bonchev–Trinajstić information content (AvgIpc) is 1.46. The van der Waals surface area contributed by atoms with E-state index in [9.17, 15) is 0 Å². The minimum Gasteiger partial charge on any atom is -0.358 e. The van der Waals surface area contributed by atoms with Crippen LogP contribution in [0.1, 0.15) is 56.4 Å². The first kappa shape index (κ1) is 197. The quantitative estimate of drug-likeness (QED) is 0.360. The Kier molecular flexibility index (Phi) is 6920. The second-order valence-electron chi connectivity index (χ2n) is 0.707. The molecule has 0 fully saturated rings. The molecule has 15 heavy (non-hydrogen) atoms. The molecule has 0 unspecified atom stereocenters. The molecule has 0 atom stereocenters. The third-order valence-corrected chi connectivity index (χ3v) is 0. The van der Waals surface area contributed by atoms with Gasteiger partial charge < -0.3 is 29.7 Å². The minimum atomic E-state index is 0. The zero-order chi connectivity index (χ0) is 4.71. The van der Waals surface area contributed by atoms with Gasteiger partial charge in [0.05, 0.1) is 0 Å². The first-order chi connectivity index (χ1) is 2.41. The maximum atomic E-state index is 2.12. The topological polar surface area (TPSA) is 0 Å². The molecule has 0 aromatic rings. The van der Waals surface area contributed by atoms with E-state index in [1.54, 1.807) is 0 Å². The third kappa shape index (κ3) is 1280. The fourth-order valence-electron chi connectivity index (χ4n) is 0. The van der Waals surface area contributed by atoms with Crippen LogP contribution in [0.2, 0.25) is 0 Å². The van der Waals surface area contributed by atoms with Crippen LogP contribution in [0.3, 0.4) is 0 Å². The SMILES string of the molecule is C.C.C.CC.CCC.[CH3-].[CH3-].[CH3-].[CH3-].[Ni+2].[Ni].[Ni]. The Balaban J connectivity index is -0.000000000731. The van der Waals surface area contributed by atoms with Crippen molar-refractivity contribution < 1.29 is 49.5 Å². The number of hydrogen-bond donors (Lipinski definition) is 0. The molecule has 0 saturated heterocycles. The maximum Gasteiger partial charge on any atom is 2.00 e. The Morgan fingerprint density at radius 1 is 0.600 bits per heavy atom. The van der Waals surface area contributed by atoms with Crippen LogP contribution < -0.4 is 0 Å². The average molecular weight is 359 g/mol. The van der Waals surface area contributed by atoms with Gasteiger partial charge in [-0.25, -0.2) is 0 Å². The minimum absolute atomic E-state index is 0. The molecule has 0 nitrogen and oxygen atoms in total. The van der Waals surface area contributed by atoms with Crippen molar-refractivity contribution in [3.8, 4) is 0 Å². The van der Waals surface area contributed by atoms with E-state index < -0.39 is 0 Å². The number of hydrogen-bond acceptors (Lipinski definition) is 0. The van der Waals surface area contributed by atoms with E-state index in [0.29, 0.717) is 0 Å². The molecule has 0 aliphatic heterocycles.